The summed E-state index contributed by atoms with van der Waals surface area (Å²) in [5, 5.41) is 0. The van der Waals surface area contributed by atoms with Crippen molar-refractivity contribution in [3.05, 3.63) is 42.2 Å². The van der Waals surface area contributed by atoms with Crippen molar-refractivity contribution in [3.63, 3.8) is 0 Å². The van der Waals surface area contributed by atoms with Crippen LogP contribution in [-0.2, 0) is 9.53 Å². The summed E-state index contributed by atoms with van der Waals surface area (Å²) in [4.78, 5) is 17.5. The Balaban J connectivity index is 1.22. The van der Waals surface area contributed by atoms with Crippen LogP contribution in [0.15, 0.2) is 36.4 Å². The molecule has 2 heterocycles. The minimum absolute atomic E-state index is 0.00773. The first-order valence-corrected chi connectivity index (χ1v) is 11.5. The van der Waals surface area contributed by atoms with Crippen LogP contribution in [0.25, 0.3) is 0 Å². The van der Waals surface area contributed by atoms with Crippen molar-refractivity contribution in [2.24, 2.45) is 23.2 Å². The van der Waals surface area contributed by atoms with Crippen LogP contribution in [0, 0.1) is 29.0 Å². The number of carbonyl (C=O) groups excluding carboxylic acids is 1. The molecule has 1 aromatic rings. The standard InChI is InChI=1S/C25H33FN2O2/c1-17-4-3-9-25(2)15-23-20(14-22(17)25)21(24(29)30-23)16-27-10-12-28(13-11-27)19-7-5-18(26)6-8-19/h5-8,20-23H,1,3-4,9-16H2,2H3/t20-,21+,22+,23+,25+/m0/s1. The van der Waals surface area contributed by atoms with E-state index in [4.69, 9.17) is 4.74 Å². The van der Waals surface area contributed by atoms with Crippen LogP contribution in [0.5, 0.6) is 0 Å². The predicted molar refractivity (Wildman–Crippen MR) is 116 cm³/mol. The molecule has 0 unspecified atom stereocenters. The van der Waals surface area contributed by atoms with Gasteiger partial charge in [-0.25, -0.2) is 4.39 Å². The Kier molecular flexibility index (Phi) is 5.12. The molecule has 162 valence electrons. The number of carbonyl (C=O) groups is 1. The molecule has 2 aliphatic carbocycles. The van der Waals surface area contributed by atoms with Gasteiger partial charge in [-0.15, -0.1) is 0 Å². The van der Waals surface area contributed by atoms with E-state index in [9.17, 15) is 9.18 Å². The van der Waals surface area contributed by atoms with Gasteiger partial charge in [0.05, 0.1) is 5.92 Å². The van der Waals surface area contributed by atoms with Crippen LogP contribution in [-0.4, -0.2) is 49.7 Å². The number of halogens is 1. The quantitative estimate of drug-likeness (QED) is 0.549. The van der Waals surface area contributed by atoms with Gasteiger partial charge in [-0.2, -0.15) is 0 Å². The second kappa shape index (κ2) is 7.67. The van der Waals surface area contributed by atoms with Gasteiger partial charge < -0.3 is 9.64 Å². The van der Waals surface area contributed by atoms with Gasteiger partial charge in [-0.05, 0) is 67.7 Å². The number of piperazine rings is 1. The number of fused-ring (bicyclic) bond motifs is 2. The number of hydrogen-bond acceptors (Lipinski definition) is 4. The largest absolute Gasteiger partial charge is 0.462 e. The van der Waals surface area contributed by atoms with Gasteiger partial charge in [0.15, 0.2) is 0 Å². The Morgan fingerprint density at radius 2 is 1.93 bits per heavy atom. The highest BCUT2D eigenvalue weighted by molar-refractivity contribution is 5.75. The zero-order valence-corrected chi connectivity index (χ0v) is 18.0. The molecule has 0 amide bonds. The molecule has 0 spiro atoms. The number of ether oxygens (including phenoxy) is 1. The summed E-state index contributed by atoms with van der Waals surface area (Å²) in [5.41, 5.74) is 2.72. The molecule has 0 aromatic heterocycles. The van der Waals surface area contributed by atoms with Crippen LogP contribution in [0.3, 0.4) is 0 Å². The zero-order chi connectivity index (χ0) is 20.9. The average Bonchev–Trinajstić information content (AvgIpc) is 3.01. The van der Waals surface area contributed by atoms with Crippen molar-refractivity contribution in [2.75, 3.05) is 37.6 Å². The zero-order valence-electron chi connectivity index (χ0n) is 18.0. The lowest BCUT2D eigenvalue weighted by molar-refractivity contribution is -0.146. The van der Waals surface area contributed by atoms with Gasteiger partial charge in [0.1, 0.15) is 11.9 Å². The fraction of sp³-hybridized carbons (Fsp3) is 0.640. The molecule has 0 N–H and O–H groups in total. The molecular formula is C25H33FN2O2. The van der Waals surface area contributed by atoms with Crippen LogP contribution in [0.1, 0.15) is 39.0 Å². The second-order valence-electron chi connectivity index (χ2n) is 10.2. The number of benzene rings is 1. The average molecular weight is 413 g/mol. The molecule has 4 fully saturated rings. The Hall–Kier alpha value is -1.88. The fourth-order valence-electron chi connectivity index (χ4n) is 6.58. The van der Waals surface area contributed by atoms with Crippen molar-refractivity contribution < 1.29 is 13.9 Å². The fourth-order valence-corrected chi connectivity index (χ4v) is 6.58. The molecule has 4 nitrogen and oxygen atoms in total. The molecular weight excluding hydrogens is 379 g/mol. The van der Waals surface area contributed by atoms with E-state index < -0.39 is 0 Å². The molecule has 0 radical (unpaired) electrons. The highest BCUT2D eigenvalue weighted by atomic mass is 19.1. The van der Waals surface area contributed by atoms with Crippen molar-refractivity contribution in [1.29, 1.82) is 0 Å². The molecule has 5 rings (SSSR count). The second-order valence-corrected chi connectivity index (χ2v) is 10.2. The number of allylic oxidation sites excluding steroid dienone is 1. The minimum atomic E-state index is -0.198. The van der Waals surface area contributed by atoms with Crippen LogP contribution in [0.4, 0.5) is 10.1 Å². The van der Waals surface area contributed by atoms with Gasteiger partial charge >= 0.3 is 5.97 Å². The first-order valence-electron chi connectivity index (χ1n) is 11.5. The third-order valence-corrected chi connectivity index (χ3v) is 8.34. The number of esters is 1. The SMILES string of the molecule is C=C1CCC[C@]2(C)C[C@H]3OC(=O)[C@H](CN4CCN(c5ccc(F)cc5)CC4)[C@@H]3C[C@H]12. The lowest BCUT2D eigenvalue weighted by Crippen LogP contribution is -2.50. The van der Waals surface area contributed by atoms with Crippen molar-refractivity contribution in [2.45, 2.75) is 45.1 Å². The summed E-state index contributed by atoms with van der Waals surface area (Å²) in [6.45, 7) is 11.2. The molecule has 30 heavy (non-hydrogen) atoms. The van der Waals surface area contributed by atoms with E-state index in [2.05, 4.69) is 23.3 Å². The van der Waals surface area contributed by atoms with Crippen LogP contribution >= 0.6 is 0 Å². The molecule has 2 saturated carbocycles. The van der Waals surface area contributed by atoms with Crippen molar-refractivity contribution >= 4 is 11.7 Å². The lowest BCUT2D eigenvalue weighted by atomic mass is 9.55. The summed E-state index contributed by atoms with van der Waals surface area (Å²) in [6, 6.07) is 6.73. The Morgan fingerprint density at radius 3 is 2.67 bits per heavy atom. The van der Waals surface area contributed by atoms with E-state index in [1.807, 2.05) is 12.1 Å². The predicted octanol–water partition coefficient (Wildman–Crippen LogP) is 4.26. The topological polar surface area (TPSA) is 32.8 Å². The smallest absolute Gasteiger partial charge is 0.310 e. The molecule has 2 saturated heterocycles. The normalized spacial score (nSPS) is 36.9. The number of nitrogens with zero attached hydrogens (tertiary/aromatic N) is 2. The molecule has 2 aliphatic heterocycles. The summed E-state index contributed by atoms with van der Waals surface area (Å²) in [6.07, 6.45) is 5.75. The van der Waals surface area contributed by atoms with Crippen LogP contribution in [0.2, 0.25) is 0 Å². The third kappa shape index (κ3) is 3.55. The first-order chi connectivity index (χ1) is 14.4. The molecule has 5 atom stereocenters. The van der Waals surface area contributed by atoms with E-state index in [-0.39, 0.29) is 29.2 Å². The molecule has 0 bridgehead atoms. The number of anilines is 1. The summed E-state index contributed by atoms with van der Waals surface area (Å²) in [7, 11) is 0. The maximum atomic E-state index is 13.2. The third-order valence-electron chi connectivity index (χ3n) is 8.34. The maximum absolute atomic E-state index is 13.2. The highest BCUT2D eigenvalue weighted by Gasteiger charge is 2.55. The van der Waals surface area contributed by atoms with E-state index in [0.29, 0.717) is 11.8 Å². The first kappa shape index (κ1) is 20.0. The van der Waals surface area contributed by atoms with Gasteiger partial charge in [-0.1, -0.05) is 19.1 Å². The minimum Gasteiger partial charge on any atom is -0.462 e. The molecule has 5 heteroatoms. The van der Waals surface area contributed by atoms with Crippen molar-refractivity contribution in [1.82, 2.24) is 4.90 Å². The van der Waals surface area contributed by atoms with Gasteiger partial charge in [0.25, 0.3) is 0 Å². The monoisotopic (exact) mass is 412 g/mol. The van der Waals surface area contributed by atoms with Gasteiger partial charge in [0, 0.05) is 44.3 Å². The Labute approximate surface area is 179 Å². The van der Waals surface area contributed by atoms with Crippen molar-refractivity contribution in [3.8, 4) is 0 Å². The number of hydrogen-bond donors (Lipinski definition) is 0. The number of rotatable bonds is 3. The molecule has 4 aliphatic rings. The summed E-state index contributed by atoms with van der Waals surface area (Å²) >= 11 is 0. The Bertz CT molecular complexity index is 817. The van der Waals surface area contributed by atoms with E-state index >= 15 is 0 Å². The van der Waals surface area contributed by atoms with Gasteiger partial charge in [-0.3, -0.25) is 9.69 Å². The van der Waals surface area contributed by atoms with E-state index in [1.54, 1.807) is 0 Å². The highest BCUT2D eigenvalue weighted by Crippen LogP contribution is 2.56. The van der Waals surface area contributed by atoms with E-state index in [1.165, 1.54) is 30.5 Å². The summed E-state index contributed by atoms with van der Waals surface area (Å²) in [5.74, 6) is 0.682. The molecule has 1 aromatic carbocycles. The van der Waals surface area contributed by atoms with Gasteiger partial charge in [0.2, 0.25) is 0 Å². The van der Waals surface area contributed by atoms with Crippen LogP contribution < -0.4 is 4.90 Å². The Morgan fingerprint density at radius 1 is 1.20 bits per heavy atom. The maximum Gasteiger partial charge on any atom is 0.310 e. The van der Waals surface area contributed by atoms with E-state index in [0.717, 1.165) is 57.7 Å². The lowest BCUT2D eigenvalue weighted by Gasteiger charge is -2.50. The summed E-state index contributed by atoms with van der Waals surface area (Å²) < 4.78 is 19.1.